The van der Waals surface area contributed by atoms with Crippen molar-refractivity contribution in [2.75, 3.05) is 5.32 Å². The van der Waals surface area contributed by atoms with Crippen LogP contribution in [0.1, 0.15) is 64.1 Å². The number of amides is 4. The number of phenols is 1. The standard InChI is InChI=1S/C29H37ClN4O6/c1-16-9-8-11-19(30)24(16)33-26(37)25(18-10-6-7-12-22(18)35)34(21-15-17(21)2)27(38)20(13-14-23(31)36)32-28(39)40-29(3,4)5/h6-12,17,20-21,25,35H,13-15H2,1-5H3,(H2,31,36)(H,32,39)(H,33,37). The summed E-state index contributed by atoms with van der Waals surface area (Å²) in [5.41, 5.74) is 5.81. The number of halogens is 1. The van der Waals surface area contributed by atoms with Gasteiger partial charge in [-0.15, -0.1) is 0 Å². The van der Waals surface area contributed by atoms with E-state index in [1.54, 1.807) is 64.1 Å². The number of aromatic hydroxyl groups is 1. The molecule has 40 heavy (non-hydrogen) atoms. The van der Waals surface area contributed by atoms with Gasteiger partial charge in [0.1, 0.15) is 23.4 Å². The van der Waals surface area contributed by atoms with Gasteiger partial charge in [-0.3, -0.25) is 14.4 Å². The molecule has 0 radical (unpaired) electrons. The molecular formula is C29H37ClN4O6. The summed E-state index contributed by atoms with van der Waals surface area (Å²) < 4.78 is 5.35. The minimum absolute atomic E-state index is 0.0467. The van der Waals surface area contributed by atoms with E-state index < -0.39 is 41.5 Å². The lowest BCUT2D eigenvalue weighted by molar-refractivity contribution is -0.142. The molecule has 4 unspecified atom stereocenters. The van der Waals surface area contributed by atoms with Crippen molar-refractivity contribution in [2.45, 2.75) is 77.6 Å². The first-order valence-corrected chi connectivity index (χ1v) is 13.5. The topological polar surface area (TPSA) is 151 Å². The van der Waals surface area contributed by atoms with Crippen LogP contribution < -0.4 is 16.4 Å². The van der Waals surface area contributed by atoms with E-state index in [2.05, 4.69) is 10.6 Å². The highest BCUT2D eigenvalue weighted by atomic mass is 35.5. The number of para-hydroxylation sites is 2. The molecule has 3 rings (SSSR count). The number of phenolic OH excluding ortho intramolecular Hbond substituents is 1. The highest BCUT2D eigenvalue weighted by molar-refractivity contribution is 6.34. The van der Waals surface area contributed by atoms with Gasteiger partial charge < -0.3 is 31.1 Å². The SMILES string of the molecule is Cc1cccc(Cl)c1NC(=O)C(c1ccccc1O)N(C(=O)C(CCC(N)=O)NC(=O)OC(C)(C)C)C1CC1C. The summed E-state index contributed by atoms with van der Waals surface area (Å²) in [4.78, 5) is 53.9. The van der Waals surface area contributed by atoms with E-state index in [0.717, 1.165) is 0 Å². The van der Waals surface area contributed by atoms with Crippen LogP contribution in [0.2, 0.25) is 5.02 Å². The molecule has 0 aromatic heterocycles. The third-order valence-electron chi connectivity index (χ3n) is 6.58. The van der Waals surface area contributed by atoms with Gasteiger partial charge in [0, 0.05) is 18.0 Å². The number of carbonyl (C=O) groups excluding carboxylic acids is 4. The summed E-state index contributed by atoms with van der Waals surface area (Å²) in [6, 6.07) is 8.55. The van der Waals surface area contributed by atoms with Gasteiger partial charge in [-0.2, -0.15) is 0 Å². The molecule has 0 bridgehead atoms. The van der Waals surface area contributed by atoms with Gasteiger partial charge in [0.05, 0.1) is 10.7 Å². The van der Waals surface area contributed by atoms with Crippen molar-refractivity contribution in [2.24, 2.45) is 11.7 Å². The van der Waals surface area contributed by atoms with Crippen LogP contribution in [0, 0.1) is 12.8 Å². The first-order chi connectivity index (χ1) is 18.7. The molecule has 1 fully saturated rings. The molecule has 0 saturated heterocycles. The van der Waals surface area contributed by atoms with Crippen LogP contribution >= 0.6 is 11.6 Å². The molecule has 1 aliphatic carbocycles. The third-order valence-corrected chi connectivity index (χ3v) is 6.89. The predicted molar refractivity (Wildman–Crippen MR) is 152 cm³/mol. The summed E-state index contributed by atoms with van der Waals surface area (Å²) in [5.74, 6) is -2.00. The maximum absolute atomic E-state index is 14.2. The zero-order valence-electron chi connectivity index (χ0n) is 23.4. The molecule has 4 atom stereocenters. The summed E-state index contributed by atoms with van der Waals surface area (Å²) in [7, 11) is 0. The molecule has 1 saturated carbocycles. The van der Waals surface area contributed by atoms with E-state index in [9.17, 15) is 24.3 Å². The molecule has 1 aliphatic rings. The fourth-order valence-electron chi connectivity index (χ4n) is 4.46. The van der Waals surface area contributed by atoms with Crippen LogP contribution in [0.25, 0.3) is 0 Å². The lowest BCUT2D eigenvalue weighted by atomic mass is 9.99. The van der Waals surface area contributed by atoms with Crippen molar-refractivity contribution in [3.63, 3.8) is 0 Å². The molecule has 216 valence electrons. The third kappa shape index (κ3) is 7.88. The Morgan fingerprint density at radius 3 is 2.35 bits per heavy atom. The van der Waals surface area contributed by atoms with E-state index in [4.69, 9.17) is 22.1 Å². The first-order valence-electron chi connectivity index (χ1n) is 13.1. The quantitative estimate of drug-likeness (QED) is 0.330. The van der Waals surface area contributed by atoms with Gasteiger partial charge in [-0.1, -0.05) is 48.9 Å². The molecule has 4 amide bonds. The average Bonchev–Trinajstić information content (AvgIpc) is 3.57. The minimum Gasteiger partial charge on any atom is -0.508 e. The maximum Gasteiger partial charge on any atom is 0.408 e. The van der Waals surface area contributed by atoms with Crippen LogP contribution in [0.3, 0.4) is 0 Å². The van der Waals surface area contributed by atoms with Gasteiger partial charge in [0.25, 0.3) is 5.91 Å². The van der Waals surface area contributed by atoms with Crippen molar-refractivity contribution in [3.05, 3.63) is 58.6 Å². The maximum atomic E-state index is 14.2. The number of rotatable bonds is 10. The van der Waals surface area contributed by atoms with Crippen LogP contribution in [-0.2, 0) is 19.1 Å². The van der Waals surface area contributed by atoms with Gasteiger partial charge >= 0.3 is 6.09 Å². The number of hydrogen-bond acceptors (Lipinski definition) is 6. The molecular weight excluding hydrogens is 536 g/mol. The smallest absolute Gasteiger partial charge is 0.408 e. The number of alkyl carbamates (subject to hydrolysis) is 1. The number of nitrogens with one attached hydrogen (secondary N) is 2. The number of hydrogen-bond donors (Lipinski definition) is 4. The zero-order valence-corrected chi connectivity index (χ0v) is 24.1. The summed E-state index contributed by atoms with van der Waals surface area (Å²) in [6.07, 6.45) is -0.547. The zero-order chi connectivity index (χ0) is 29.8. The molecule has 5 N–H and O–H groups in total. The number of aryl methyl sites for hydroxylation is 1. The largest absolute Gasteiger partial charge is 0.508 e. The van der Waals surface area contributed by atoms with Crippen LogP contribution in [0.15, 0.2) is 42.5 Å². The van der Waals surface area contributed by atoms with E-state index >= 15 is 0 Å². The number of benzene rings is 2. The fourth-order valence-corrected chi connectivity index (χ4v) is 4.73. The lowest BCUT2D eigenvalue weighted by Gasteiger charge is -2.35. The monoisotopic (exact) mass is 572 g/mol. The van der Waals surface area contributed by atoms with E-state index in [0.29, 0.717) is 22.7 Å². The Kier molecular flexibility index (Phi) is 9.68. The van der Waals surface area contributed by atoms with Gasteiger partial charge in [0.2, 0.25) is 11.8 Å². The number of nitrogens with zero attached hydrogens (tertiary/aromatic N) is 1. The molecule has 0 spiro atoms. The van der Waals surface area contributed by atoms with Crippen molar-refractivity contribution in [1.29, 1.82) is 0 Å². The first kappa shape index (κ1) is 30.7. The molecule has 11 heteroatoms. The van der Waals surface area contributed by atoms with Gasteiger partial charge in [0.15, 0.2) is 0 Å². The Labute approximate surface area is 239 Å². The molecule has 0 heterocycles. The Hall–Kier alpha value is -3.79. The number of nitrogens with two attached hydrogens (primary N) is 1. The van der Waals surface area contributed by atoms with E-state index in [1.165, 1.54) is 11.0 Å². The molecule has 2 aromatic rings. The van der Waals surface area contributed by atoms with Crippen LogP contribution in [0.5, 0.6) is 5.75 Å². The number of carbonyl (C=O) groups is 4. The van der Waals surface area contributed by atoms with Crippen molar-refractivity contribution in [1.82, 2.24) is 10.2 Å². The Bertz CT molecular complexity index is 1260. The van der Waals surface area contributed by atoms with Crippen LogP contribution in [-0.4, -0.2) is 51.5 Å². The second-order valence-electron chi connectivity index (χ2n) is 11.1. The normalized spacial score (nSPS) is 17.8. The highest BCUT2D eigenvalue weighted by Crippen LogP contribution is 2.43. The second kappa shape index (κ2) is 12.6. The predicted octanol–water partition coefficient (Wildman–Crippen LogP) is 4.43. The summed E-state index contributed by atoms with van der Waals surface area (Å²) in [6.45, 7) is 8.76. The molecule has 2 aromatic carbocycles. The lowest BCUT2D eigenvalue weighted by Crippen LogP contribution is -2.53. The highest BCUT2D eigenvalue weighted by Gasteiger charge is 2.49. The summed E-state index contributed by atoms with van der Waals surface area (Å²) >= 11 is 6.38. The second-order valence-corrected chi connectivity index (χ2v) is 11.5. The van der Waals surface area contributed by atoms with Crippen molar-refractivity contribution in [3.8, 4) is 5.75 Å². The fraction of sp³-hybridized carbons (Fsp3) is 0.448. The van der Waals surface area contributed by atoms with Crippen molar-refractivity contribution >= 4 is 41.1 Å². The van der Waals surface area contributed by atoms with E-state index in [1.807, 2.05) is 6.92 Å². The van der Waals surface area contributed by atoms with E-state index in [-0.39, 0.29) is 36.1 Å². The average molecular weight is 573 g/mol. The van der Waals surface area contributed by atoms with Gasteiger partial charge in [-0.05, 0) is 64.2 Å². The number of ether oxygens (including phenoxy) is 1. The molecule has 0 aliphatic heterocycles. The van der Waals surface area contributed by atoms with Crippen LogP contribution in [0.4, 0.5) is 10.5 Å². The molecule has 10 nitrogen and oxygen atoms in total. The Morgan fingerprint density at radius 1 is 1.15 bits per heavy atom. The van der Waals surface area contributed by atoms with Gasteiger partial charge in [-0.25, -0.2) is 4.79 Å². The Balaban J connectivity index is 2.07. The van der Waals surface area contributed by atoms with Crippen molar-refractivity contribution < 1.29 is 29.0 Å². The Morgan fingerprint density at radius 2 is 1.80 bits per heavy atom. The number of anilines is 1. The summed E-state index contributed by atoms with van der Waals surface area (Å²) in [5, 5.41) is 16.5. The number of primary amides is 1. The minimum atomic E-state index is -1.28.